The first-order valence-corrected chi connectivity index (χ1v) is 8.50. The third-order valence-electron chi connectivity index (χ3n) is 3.97. The Kier molecular flexibility index (Phi) is 5.06. The van der Waals surface area contributed by atoms with Crippen LogP contribution in [0.5, 0.6) is 5.75 Å². The summed E-state index contributed by atoms with van der Waals surface area (Å²) < 4.78 is 5.76. The number of aliphatic hydroxyl groups is 1. The zero-order chi connectivity index (χ0) is 17.1. The highest BCUT2D eigenvalue weighted by molar-refractivity contribution is 5.99. The molecule has 0 spiro atoms. The topological polar surface area (TPSA) is 86.4 Å². The van der Waals surface area contributed by atoms with Gasteiger partial charge in [0.1, 0.15) is 24.2 Å². The van der Waals surface area contributed by atoms with E-state index in [4.69, 9.17) is 4.74 Å². The molecule has 130 valence electrons. The molecule has 24 heavy (non-hydrogen) atoms. The Labute approximate surface area is 141 Å². The Morgan fingerprint density at radius 1 is 1.42 bits per heavy atom. The molecule has 1 aromatic heterocycles. The number of fused-ring (bicyclic) bond motifs is 1. The molecule has 6 heteroatoms. The molecule has 3 rings (SSSR count). The van der Waals surface area contributed by atoms with Gasteiger partial charge in [-0.3, -0.25) is 4.79 Å². The Bertz CT molecular complexity index is 707. The summed E-state index contributed by atoms with van der Waals surface area (Å²) in [5.41, 5.74) is 1.39. The number of nitrogens with one attached hydrogen (secondary N) is 3. The largest absolute Gasteiger partial charge is 0.490 e. The number of rotatable bonds is 8. The highest BCUT2D eigenvalue weighted by atomic mass is 16.5. The molecule has 1 aliphatic rings. The summed E-state index contributed by atoms with van der Waals surface area (Å²) in [6, 6.07) is 8.08. The maximum Gasteiger partial charge on any atom is 0.267 e. The molecular formula is C18H25N3O3. The van der Waals surface area contributed by atoms with Crippen molar-refractivity contribution in [3.8, 4) is 5.75 Å². The van der Waals surface area contributed by atoms with Gasteiger partial charge in [0.2, 0.25) is 0 Å². The number of benzene rings is 1. The van der Waals surface area contributed by atoms with Crippen LogP contribution in [0.1, 0.15) is 37.2 Å². The van der Waals surface area contributed by atoms with Crippen LogP contribution in [0.25, 0.3) is 10.9 Å². The predicted octanol–water partition coefficient (Wildman–Crippen LogP) is 1.80. The van der Waals surface area contributed by atoms with Crippen LogP contribution in [0.4, 0.5) is 0 Å². The maximum atomic E-state index is 12.2. The molecule has 6 nitrogen and oxygen atoms in total. The van der Waals surface area contributed by atoms with Crippen molar-refractivity contribution in [3.05, 3.63) is 30.0 Å². The summed E-state index contributed by atoms with van der Waals surface area (Å²) >= 11 is 0. The third-order valence-corrected chi connectivity index (χ3v) is 3.97. The van der Waals surface area contributed by atoms with E-state index in [1.807, 2.05) is 32.0 Å². The van der Waals surface area contributed by atoms with Crippen molar-refractivity contribution in [1.29, 1.82) is 0 Å². The van der Waals surface area contributed by atoms with Gasteiger partial charge in [-0.1, -0.05) is 19.9 Å². The SMILES string of the molecule is CC(C)NCC(O)COc1cccc2[nH]c(C(=O)NC3CC3)cc12. The van der Waals surface area contributed by atoms with Gasteiger partial charge in [-0.05, 0) is 31.0 Å². The summed E-state index contributed by atoms with van der Waals surface area (Å²) in [6.07, 6.45) is 1.53. The van der Waals surface area contributed by atoms with Crippen molar-refractivity contribution in [3.63, 3.8) is 0 Å². The molecule has 1 atom stereocenters. The monoisotopic (exact) mass is 331 g/mol. The van der Waals surface area contributed by atoms with E-state index < -0.39 is 6.10 Å². The Morgan fingerprint density at radius 2 is 2.21 bits per heavy atom. The fourth-order valence-corrected chi connectivity index (χ4v) is 2.48. The molecular weight excluding hydrogens is 306 g/mol. The second-order valence-corrected chi connectivity index (χ2v) is 6.68. The molecule has 2 aromatic rings. The van der Waals surface area contributed by atoms with E-state index in [2.05, 4.69) is 15.6 Å². The lowest BCUT2D eigenvalue weighted by Gasteiger charge is -2.15. The quantitative estimate of drug-likeness (QED) is 0.594. The van der Waals surface area contributed by atoms with Crippen molar-refractivity contribution in [2.75, 3.05) is 13.2 Å². The Balaban J connectivity index is 1.66. The number of hydrogen-bond acceptors (Lipinski definition) is 4. The van der Waals surface area contributed by atoms with Gasteiger partial charge in [0, 0.05) is 29.5 Å². The number of ether oxygens (including phenoxy) is 1. The zero-order valence-electron chi connectivity index (χ0n) is 14.1. The van der Waals surface area contributed by atoms with Crippen LogP contribution in [0, 0.1) is 0 Å². The van der Waals surface area contributed by atoms with Crippen LogP contribution in [0.15, 0.2) is 24.3 Å². The molecule has 1 amide bonds. The number of carbonyl (C=O) groups excluding carboxylic acids is 1. The number of carbonyl (C=O) groups is 1. The van der Waals surface area contributed by atoms with Crippen molar-refractivity contribution in [2.45, 2.75) is 44.9 Å². The first-order valence-electron chi connectivity index (χ1n) is 8.50. The lowest BCUT2D eigenvalue weighted by atomic mass is 10.2. The molecule has 1 aromatic carbocycles. The Hall–Kier alpha value is -2.05. The lowest BCUT2D eigenvalue weighted by molar-refractivity contribution is 0.0946. The average Bonchev–Trinajstić information content (AvgIpc) is 3.24. The van der Waals surface area contributed by atoms with E-state index in [0.29, 0.717) is 30.1 Å². The molecule has 0 aliphatic heterocycles. The summed E-state index contributed by atoms with van der Waals surface area (Å²) in [7, 11) is 0. The van der Waals surface area contributed by atoms with E-state index in [0.717, 1.165) is 23.7 Å². The molecule has 1 fully saturated rings. The lowest BCUT2D eigenvalue weighted by Crippen LogP contribution is -2.35. The van der Waals surface area contributed by atoms with Gasteiger partial charge in [0.15, 0.2) is 0 Å². The molecule has 0 bridgehead atoms. The van der Waals surface area contributed by atoms with Crippen LogP contribution >= 0.6 is 0 Å². The summed E-state index contributed by atoms with van der Waals surface area (Å²) in [6.45, 7) is 4.74. The summed E-state index contributed by atoms with van der Waals surface area (Å²) in [5.74, 6) is 0.582. The fraction of sp³-hybridized carbons (Fsp3) is 0.500. The van der Waals surface area contributed by atoms with Crippen LogP contribution in [0.2, 0.25) is 0 Å². The number of hydrogen-bond donors (Lipinski definition) is 4. The highest BCUT2D eigenvalue weighted by Crippen LogP contribution is 2.27. The number of aromatic amines is 1. The van der Waals surface area contributed by atoms with E-state index in [1.165, 1.54) is 0 Å². The summed E-state index contributed by atoms with van der Waals surface area (Å²) in [4.78, 5) is 15.3. The van der Waals surface area contributed by atoms with Crippen LogP contribution < -0.4 is 15.4 Å². The van der Waals surface area contributed by atoms with Crippen molar-refractivity contribution in [1.82, 2.24) is 15.6 Å². The maximum absolute atomic E-state index is 12.2. The van der Waals surface area contributed by atoms with Crippen LogP contribution in [-0.4, -0.2) is 47.3 Å². The van der Waals surface area contributed by atoms with Gasteiger partial charge in [-0.2, -0.15) is 0 Å². The molecule has 4 N–H and O–H groups in total. The minimum absolute atomic E-state index is 0.0826. The second kappa shape index (κ2) is 7.23. The van der Waals surface area contributed by atoms with Gasteiger partial charge in [-0.15, -0.1) is 0 Å². The van der Waals surface area contributed by atoms with Gasteiger partial charge < -0.3 is 25.5 Å². The predicted molar refractivity (Wildman–Crippen MR) is 93.4 cm³/mol. The highest BCUT2D eigenvalue weighted by Gasteiger charge is 2.24. The average molecular weight is 331 g/mol. The Morgan fingerprint density at radius 3 is 2.92 bits per heavy atom. The molecule has 1 heterocycles. The normalized spacial score (nSPS) is 15.7. The second-order valence-electron chi connectivity index (χ2n) is 6.68. The van der Waals surface area contributed by atoms with Gasteiger partial charge in [0.25, 0.3) is 5.91 Å². The van der Waals surface area contributed by atoms with Crippen molar-refractivity contribution in [2.24, 2.45) is 0 Å². The minimum Gasteiger partial charge on any atom is -0.490 e. The molecule has 1 aliphatic carbocycles. The van der Waals surface area contributed by atoms with Crippen LogP contribution in [-0.2, 0) is 0 Å². The number of amides is 1. The number of aliphatic hydroxyl groups excluding tert-OH is 1. The van der Waals surface area contributed by atoms with E-state index >= 15 is 0 Å². The minimum atomic E-state index is -0.584. The fourth-order valence-electron chi connectivity index (χ4n) is 2.48. The summed E-state index contributed by atoms with van der Waals surface area (Å²) in [5, 5.41) is 17.0. The molecule has 1 unspecified atom stereocenters. The van der Waals surface area contributed by atoms with Crippen molar-refractivity contribution >= 4 is 16.8 Å². The number of H-pyrrole nitrogens is 1. The van der Waals surface area contributed by atoms with E-state index in [-0.39, 0.29) is 12.5 Å². The standard InChI is InChI=1S/C18H25N3O3/c1-11(2)19-9-13(22)10-24-17-5-3-4-15-14(17)8-16(21-15)18(23)20-12-6-7-12/h3-5,8,11-13,19,21-22H,6-7,9-10H2,1-2H3,(H,20,23). The first kappa shape index (κ1) is 16.8. The third kappa shape index (κ3) is 4.27. The van der Waals surface area contributed by atoms with E-state index in [1.54, 1.807) is 6.07 Å². The van der Waals surface area contributed by atoms with Gasteiger partial charge in [-0.25, -0.2) is 0 Å². The molecule has 1 saturated carbocycles. The van der Waals surface area contributed by atoms with E-state index in [9.17, 15) is 9.90 Å². The van der Waals surface area contributed by atoms with Gasteiger partial charge in [0.05, 0.1) is 0 Å². The first-order chi connectivity index (χ1) is 11.5. The number of aromatic nitrogens is 1. The zero-order valence-corrected chi connectivity index (χ0v) is 14.1. The molecule has 0 saturated heterocycles. The molecule has 0 radical (unpaired) electrons. The van der Waals surface area contributed by atoms with Crippen LogP contribution in [0.3, 0.4) is 0 Å². The van der Waals surface area contributed by atoms with Gasteiger partial charge >= 0.3 is 0 Å². The van der Waals surface area contributed by atoms with Crippen molar-refractivity contribution < 1.29 is 14.6 Å². The smallest absolute Gasteiger partial charge is 0.267 e.